The summed E-state index contributed by atoms with van der Waals surface area (Å²) < 4.78 is 5.70. The molecule has 2 aliphatic heterocycles. The predicted molar refractivity (Wildman–Crippen MR) is 72.6 cm³/mol. The van der Waals surface area contributed by atoms with Gasteiger partial charge >= 0.3 is 0 Å². The summed E-state index contributed by atoms with van der Waals surface area (Å²) >= 11 is 0. The van der Waals surface area contributed by atoms with Crippen LogP contribution in [0.4, 0.5) is 0 Å². The van der Waals surface area contributed by atoms with Crippen molar-refractivity contribution in [3.05, 3.63) is 35.9 Å². The number of ether oxygens (including phenoxy) is 1. The minimum absolute atomic E-state index is 0.388. The van der Waals surface area contributed by atoms with Crippen LogP contribution in [0.3, 0.4) is 0 Å². The van der Waals surface area contributed by atoms with Crippen LogP contribution < -0.4 is 5.32 Å². The summed E-state index contributed by atoms with van der Waals surface area (Å²) in [5.74, 6) is 0. The lowest BCUT2D eigenvalue weighted by molar-refractivity contribution is 0.0604. The molecule has 0 saturated carbocycles. The number of hydrogen-bond acceptors (Lipinski definition) is 3. The minimum Gasteiger partial charge on any atom is -0.377 e. The molecule has 0 spiro atoms. The maximum Gasteiger partial charge on any atom is 0.0703 e. The highest BCUT2D eigenvalue weighted by molar-refractivity contribution is 5.20. The molecule has 1 aromatic carbocycles. The number of hydrogen-bond donors (Lipinski definition) is 1. The third-order valence-corrected chi connectivity index (χ3v) is 4.21. The summed E-state index contributed by atoms with van der Waals surface area (Å²) in [5, 5.41) is 3.62. The van der Waals surface area contributed by atoms with Crippen LogP contribution in [0, 0.1) is 0 Å². The molecule has 2 aliphatic rings. The molecule has 2 heterocycles. The zero-order chi connectivity index (χ0) is 12.4. The van der Waals surface area contributed by atoms with Crippen molar-refractivity contribution in [1.29, 1.82) is 0 Å². The van der Waals surface area contributed by atoms with Gasteiger partial charge in [-0.2, -0.15) is 0 Å². The van der Waals surface area contributed by atoms with Gasteiger partial charge in [0.25, 0.3) is 0 Å². The fraction of sp³-hybridized carbons (Fsp3) is 0.600. The summed E-state index contributed by atoms with van der Waals surface area (Å²) in [6.45, 7) is 6.44. The second-order valence-corrected chi connectivity index (χ2v) is 5.34. The van der Waals surface area contributed by atoms with Crippen molar-refractivity contribution in [3.63, 3.8) is 0 Å². The lowest BCUT2D eigenvalue weighted by atomic mass is 10.0. The van der Waals surface area contributed by atoms with E-state index in [4.69, 9.17) is 4.74 Å². The molecule has 98 valence electrons. The largest absolute Gasteiger partial charge is 0.377 e. The van der Waals surface area contributed by atoms with Gasteiger partial charge in [0.05, 0.1) is 6.10 Å². The minimum atomic E-state index is 0.388. The number of nitrogens with zero attached hydrogens (tertiary/aromatic N) is 1. The number of nitrogens with one attached hydrogen (secondary N) is 1. The molecule has 3 rings (SSSR count). The molecule has 3 unspecified atom stereocenters. The second-order valence-electron chi connectivity index (χ2n) is 5.34. The van der Waals surface area contributed by atoms with E-state index in [1.807, 2.05) is 0 Å². The fourth-order valence-corrected chi connectivity index (χ4v) is 3.18. The maximum absolute atomic E-state index is 5.70. The first-order valence-corrected chi connectivity index (χ1v) is 6.98. The van der Waals surface area contributed by atoms with Crippen LogP contribution in [0.25, 0.3) is 0 Å². The summed E-state index contributed by atoms with van der Waals surface area (Å²) in [6.07, 6.45) is 1.57. The molecular formula is C15H22N2O. The van der Waals surface area contributed by atoms with Crippen LogP contribution in [-0.4, -0.2) is 43.3 Å². The van der Waals surface area contributed by atoms with E-state index in [2.05, 4.69) is 47.5 Å². The molecule has 2 fully saturated rings. The van der Waals surface area contributed by atoms with Gasteiger partial charge in [-0.15, -0.1) is 0 Å². The van der Waals surface area contributed by atoms with Gasteiger partial charge in [0.2, 0.25) is 0 Å². The average Bonchev–Trinajstić information content (AvgIpc) is 2.86. The van der Waals surface area contributed by atoms with E-state index >= 15 is 0 Å². The maximum atomic E-state index is 5.70. The molecule has 0 amide bonds. The average molecular weight is 246 g/mol. The highest BCUT2D eigenvalue weighted by Gasteiger charge is 2.33. The van der Waals surface area contributed by atoms with E-state index in [-0.39, 0.29) is 0 Å². The normalized spacial score (nSPS) is 33.7. The zero-order valence-electron chi connectivity index (χ0n) is 11.0. The van der Waals surface area contributed by atoms with Crippen LogP contribution in [0.2, 0.25) is 0 Å². The molecule has 0 radical (unpaired) electrons. The van der Waals surface area contributed by atoms with E-state index in [0.29, 0.717) is 18.2 Å². The summed E-state index contributed by atoms with van der Waals surface area (Å²) in [7, 11) is 0. The van der Waals surface area contributed by atoms with Gasteiger partial charge in [0.15, 0.2) is 0 Å². The van der Waals surface area contributed by atoms with Crippen molar-refractivity contribution < 1.29 is 4.74 Å². The standard InChI is InChI=1S/C15H22N2O/c1-12-15(7-10-18-12)17-9-8-16-14(11-17)13-5-3-2-4-6-13/h2-6,12,14-16H,7-11H2,1H3. The van der Waals surface area contributed by atoms with Gasteiger partial charge in [0.1, 0.15) is 0 Å². The molecule has 0 bridgehead atoms. The van der Waals surface area contributed by atoms with Crippen LogP contribution in [0.15, 0.2) is 30.3 Å². The first-order valence-electron chi connectivity index (χ1n) is 6.98. The second kappa shape index (κ2) is 5.39. The van der Waals surface area contributed by atoms with Crippen molar-refractivity contribution in [2.45, 2.75) is 31.5 Å². The van der Waals surface area contributed by atoms with Gasteiger partial charge in [-0.1, -0.05) is 30.3 Å². The molecule has 2 saturated heterocycles. The van der Waals surface area contributed by atoms with Crippen molar-refractivity contribution in [2.75, 3.05) is 26.2 Å². The molecule has 0 aromatic heterocycles. The van der Waals surface area contributed by atoms with Gasteiger partial charge in [-0.25, -0.2) is 0 Å². The fourth-order valence-electron chi connectivity index (χ4n) is 3.18. The van der Waals surface area contributed by atoms with Crippen molar-refractivity contribution >= 4 is 0 Å². The summed E-state index contributed by atoms with van der Waals surface area (Å²) in [4.78, 5) is 2.60. The summed E-state index contributed by atoms with van der Waals surface area (Å²) in [6, 6.07) is 11.8. The topological polar surface area (TPSA) is 24.5 Å². The molecule has 3 nitrogen and oxygen atoms in total. The highest BCUT2D eigenvalue weighted by Crippen LogP contribution is 2.24. The SMILES string of the molecule is CC1OCCC1N1CCNC(c2ccccc2)C1. The molecule has 1 aromatic rings. The Bertz CT molecular complexity index is 381. The lowest BCUT2D eigenvalue weighted by Crippen LogP contribution is -2.51. The third kappa shape index (κ3) is 2.44. The van der Waals surface area contributed by atoms with Gasteiger partial charge in [-0.3, -0.25) is 4.90 Å². The van der Waals surface area contributed by atoms with Crippen molar-refractivity contribution in [1.82, 2.24) is 10.2 Å². The molecule has 1 N–H and O–H groups in total. The Labute approximate surface area is 109 Å². The Kier molecular flexibility index (Phi) is 3.64. The number of rotatable bonds is 2. The monoisotopic (exact) mass is 246 g/mol. The zero-order valence-corrected chi connectivity index (χ0v) is 11.0. The van der Waals surface area contributed by atoms with E-state index in [1.165, 1.54) is 12.0 Å². The smallest absolute Gasteiger partial charge is 0.0703 e. The summed E-state index contributed by atoms with van der Waals surface area (Å²) in [5.41, 5.74) is 1.40. The van der Waals surface area contributed by atoms with Gasteiger partial charge in [-0.05, 0) is 18.9 Å². The Morgan fingerprint density at radius 1 is 1.28 bits per heavy atom. The van der Waals surface area contributed by atoms with E-state index in [1.54, 1.807) is 0 Å². The van der Waals surface area contributed by atoms with E-state index in [0.717, 1.165) is 26.2 Å². The first kappa shape index (κ1) is 12.2. The Morgan fingerprint density at radius 3 is 2.83 bits per heavy atom. The lowest BCUT2D eigenvalue weighted by Gasteiger charge is -2.38. The third-order valence-electron chi connectivity index (χ3n) is 4.21. The van der Waals surface area contributed by atoms with Crippen molar-refractivity contribution in [2.24, 2.45) is 0 Å². The molecular weight excluding hydrogens is 224 g/mol. The van der Waals surface area contributed by atoms with E-state index < -0.39 is 0 Å². The van der Waals surface area contributed by atoms with Crippen LogP contribution >= 0.6 is 0 Å². The Balaban J connectivity index is 1.69. The number of benzene rings is 1. The molecule has 0 aliphatic carbocycles. The van der Waals surface area contributed by atoms with Crippen LogP contribution in [0.1, 0.15) is 24.9 Å². The van der Waals surface area contributed by atoms with Crippen LogP contribution in [0.5, 0.6) is 0 Å². The van der Waals surface area contributed by atoms with Crippen molar-refractivity contribution in [3.8, 4) is 0 Å². The Hall–Kier alpha value is -0.900. The Morgan fingerprint density at radius 2 is 2.11 bits per heavy atom. The van der Waals surface area contributed by atoms with Crippen LogP contribution in [-0.2, 0) is 4.74 Å². The van der Waals surface area contributed by atoms with E-state index in [9.17, 15) is 0 Å². The highest BCUT2D eigenvalue weighted by atomic mass is 16.5. The quantitative estimate of drug-likeness (QED) is 0.861. The molecule has 3 atom stereocenters. The number of piperazine rings is 1. The first-order chi connectivity index (χ1) is 8.84. The van der Waals surface area contributed by atoms with Gasteiger partial charge in [0, 0.05) is 38.3 Å². The van der Waals surface area contributed by atoms with Gasteiger partial charge < -0.3 is 10.1 Å². The predicted octanol–water partition coefficient (Wildman–Crippen LogP) is 1.81. The molecule has 3 heteroatoms. The molecule has 18 heavy (non-hydrogen) atoms.